The van der Waals surface area contributed by atoms with Crippen LogP contribution >= 0.6 is 0 Å². The lowest BCUT2D eigenvalue weighted by atomic mass is 10.1. The van der Waals surface area contributed by atoms with Gasteiger partial charge in [0.05, 0.1) is 5.56 Å². The van der Waals surface area contributed by atoms with Gasteiger partial charge in [-0.25, -0.2) is 0 Å². The molecule has 0 bridgehead atoms. The molecule has 94 valence electrons. The summed E-state index contributed by atoms with van der Waals surface area (Å²) in [6.07, 6.45) is 1.45. The monoisotopic (exact) mass is 244 g/mol. The summed E-state index contributed by atoms with van der Waals surface area (Å²) in [5.74, 6) is 0.539. The Morgan fingerprint density at radius 3 is 2.72 bits per heavy atom. The maximum atomic E-state index is 12.0. The normalized spacial score (nSPS) is 10.4. The standard InChI is InChI=1S/C14H16N2O2/c1-9-3-4-11(7-15)6-13(9)16-14(17)12-5-10(2)18-8-12/h3-6,8H,7,15H2,1-2H3,(H,16,17). The zero-order chi connectivity index (χ0) is 13.1. The van der Waals surface area contributed by atoms with Crippen LogP contribution in [0, 0.1) is 13.8 Å². The van der Waals surface area contributed by atoms with Gasteiger partial charge in [-0.05, 0) is 37.1 Å². The van der Waals surface area contributed by atoms with Crippen molar-refractivity contribution in [3.8, 4) is 0 Å². The van der Waals surface area contributed by atoms with Crippen molar-refractivity contribution in [2.75, 3.05) is 5.32 Å². The number of nitrogens with two attached hydrogens (primary N) is 1. The maximum Gasteiger partial charge on any atom is 0.258 e. The number of furan rings is 1. The molecule has 2 rings (SSSR count). The topological polar surface area (TPSA) is 68.3 Å². The molecule has 0 aliphatic carbocycles. The minimum absolute atomic E-state index is 0.177. The third kappa shape index (κ3) is 2.60. The van der Waals surface area contributed by atoms with E-state index >= 15 is 0 Å². The molecule has 0 saturated heterocycles. The number of anilines is 1. The molecule has 3 N–H and O–H groups in total. The van der Waals surface area contributed by atoms with Crippen molar-refractivity contribution >= 4 is 11.6 Å². The fraction of sp³-hybridized carbons (Fsp3) is 0.214. The number of rotatable bonds is 3. The summed E-state index contributed by atoms with van der Waals surface area (Å²) >= 11 is 0. The van der Waals surface area contributed by atoms with E-state index in [0.29, 0.717) is 17.9 Å². The van der Waals surface area contributed by atoms with Crippen LogP contribution in [0.3, 0.4) is 0 Å². The number of carbonyl (C=O) groups is 1. The number of amides is 1. The van der Waals surface area contributed by atoms with Gasteiger partial charge in [0.25, 0.3) is 5.91 Å². The Labute approximate surface area is 106 Å². The van der Waals surface area contributed by atoms with Gasteiger partial charge in [0.1, 0.15) is 12.0 Å². The van der Waals surface area contributed by atoms with Crippen molar-refractivity contribution in [3.63, 3.8) is 0 Å². The van der Waals surface area contributed by atoms with Crippen molar-refractivity contribution in [1.29, 1.82) is 0 Å². The number of benzene rings is 1. The SMILES string of the molecule is Cc1cc(C(=O)Nc2cc(CN)ccc2C)co1. The molecular weight excluding hydrogens is 228 g/mol. The van der Waals surface area contributed by atoms with Crippen molar-refractivity contribution in [2.45, 2.75) is 20.4 Å². The van der Waals surface area contributed by atoms with Crippen LogP contribution in [0.5, 0.6) is 0 Å². The first-order valence-corrected chi connectivity index (χ1v) is 5.76. The van der Waals surface area contributed by atoms with E-state index in [1.54, 1.807) is 13.0 Å². The van der Waals surface area contributed by atoms with Crippen LogP contribution in [-0.4, -0.2) is 5.91 Å². The fourth-order valence-electron chi connectivity index (χ4n) is 1.69. The van der Waals surface area contributed by atoms with Gasteiger partial charge in [0, 0.05) is 12.2 Å². The van der Waals surface area contributed by atoms with Crippen LogP contribution in [-0.2, 0) is 6.54 Å². The number of nitrogens with one attached hydrogen (secondary N) is 1. The Hall–Kier alpha value is -2.07. The summed E-state index contributed by atoms with van der Waals surface area (Å²) in [5, 5.41) is 2.86. The third-order valence-corrected chi connectivity index (χ3v) is 2.78. The summed E-state index contributed by atoms with van der Waals surface area (Å²) in [6.45, 7) is 4.20. The number of hydrogen-bond donors (Lipinski definition) is 2. The molecule has 0 saturated carbocycles. The van der Waals surface area contributed by atoms with E-state index < -0.39 is 0 Å². The molecule has 2 aromatic rings. The van der Waals surface area contributed by atoms with E-state index in [2.05, 4.69) is 5.32 Å². The van der Waals surface area contributed by atoms with Crippen molar-refractivity contribution in [1.82, 2.24) is 0 Å². The minimum Gasteiger partial charge on any atom is -0.469 e. The smallest absolute Gasteiger partial charge is 0.258 e. The van der Waals surface area contributed by atoms with Gasteiger partial charge >= 0.3 is 0 Å². The Morgan fingerprint density at radius 2 is 2.11 bits per heavy atom. The highest BCUT2D eigenvalue weighted by atomic mass is 16.3. The number of hydrogen-bond acceptors (Lipinski definition) is 3. The number of aryl methyl sites for hydroxylation is 2. The molecule has 0 spiro atoms. The predicted molar refractivity (Wildman–Crippen MR) is 70.5 cm³/mol. The van der Waals surface area contributed by atoms with Gasteiger partial charge in [0.15, 0.2) is 0 Å². The van der Waals surface area contributed by atoms with E-state index in [0.717, 1.165) is 16.8 Å². The molecule has 1 aromatic carbocycles. The highest BCUT2D eigenvalue weighted by Gasteiger charge is 2.10. The quantitative estimate of drug-likeness (QED) is 0.872. The Morgan fingerprint density at radius 1 is 1.33 bits per heavy atom. The lowest BCUT2D eigenvalue weighted by molar-refractivity contribution is 0.102. The highest BCUT2D eigenvalue weighted by Crippen LogP contribution is 2.18. The van der Waals surface area contributed by atoms with Gasteiger partial charge in [-0.15, -0.1) is 0 Å². The molecule has 0 fully saturated rings. The van der Waals surface area contributed by atoms with E-state index in [1.807, 2.05) is 25.1 Å². The van der Waals surface area contributed by atoms with E-state index in [9.17, 15) is 4.79 Å². The molecule has 0 unspecified atom stereocenters. The molecular formula is C14H16N2O2. The molecule has 0 radical (unpaired) electrons. The first-order chi connectivity index (χ1) is 8.60. The zero-order valence-corrected chi connectivity index (χ0v) is 10.5. The van der Waals surface area contributed by atoms with Gasteiger partial charge in [-0.3, -0.25) is 4.79 Å². The Kier molecular flexibility index (Phi) is 3.48. The molecule has 1 aromatic heterocycles. The van der Waals surface area contributed by atoms with Gasteiger partial charge in [0.2, 0.25) is 0 Å². The number of carbonyl (C=O) groups excluding carboxylic acids is 1. The first-order valence-electron chi connectivity index (χ1n) is 5.76. The summed E-state index contributed by atoms with van der Waals surface area (Å²) in [7, 11) is 0. The molecule has 0 aliphatic rings. The van der Waals surface area contributed by atoms with Crippen LogP contribution in [0.1, 0.15) is 27.2 Å². The summed E-state index contributed by atoms with van der Waals surface area (Å²) in [6, 6.07) is 7.49. The van der Waals surface area contributed by atoms with Crippen molar-refractivity contribution in [3.05, 3.63) is 53.0 Å². The summed E-state index contributed by atoms with van der Waals surface area (Å²) in [5.41, 5.74) is 8.87. The summed E-state index contributed by atoms with van der Waals surface area (Å²) in [4.78, 5) is 12.0. The lowest BCUT2D eigenvalue weighted by Crippen LogP contribution is -2.12. The van der Waals surface area contributed by atoms with Crippen LogP contribution < -0.4 is 11.1 Å². The predicted octanol–water partition coefficient (Wildman–Crippen LogP) is 2.61. The maximum absolute atomic E-state index is 12.0. The third-order valence-electron chi connectivity index (χ3n) is 2.78. The lowest BCUT2D eigenvalue weighted by Gasteiger charge is -2.09. The van der Waals surface area contributed by atoms with Crippen LogP contribution in [0.4, 0.5) is 5.69 Å². The molecule has 0 atom stereocenters. The van der Waals surface area contributed by atoms with E-state index in [1.165, 1.54) is 6.26 Å². The highest BCUT2D eigenvalue weighted by molar-refractivity contribution is 6.04. The molecule has 1 amide bonds. The Balaban J connectivity index is 2.21. The average molecular weight is 244 g/mol. The van der Waals surface area contributed by atoms with Gasteiger partial charge in [-0.1, -0.05) is 12.1 Å². The van der Waals surface area contributed by atoms with Crippen LogP contribution in [0.25, 0.3) is 0 Å². The largest absolute Gasteiger partial charge is 0.469 e. The van der Waals surface area contributed by atoms with Crippen molar-refractivity contribution < 1.29 is 9.21 Å². The first kappa shape index (κ1) is 12.4. The molecule has 18 heavy (non-hydrogen) atoms. The second-order valence-corrected chi connectivity index (χ2v) is 4.25. The van der Waals surface area contributed by atoms with Crippen LogP contribution in [0.15, 0.2) is 34.9 Å². The molecule has 1 heterocycles. The minimum atomic E-state index is -0.177. The zero-order valence-electron chi connectivity index (χ0n) is 10.5. The second-order valence-electron chi connectivity index (χ2n) is 4.25. The van der Waals surface area contributed by atoms with Crippen molar-refractivity contribution in [2.24, 2.45) is 5.73 Å². The summed E-state index contributed by atoms with van der Waals surface area (Å²) < 4.78 is 5.12. The van der Waals surface area contributed by atoms with Gasteiger partial charge < -0.3 is 15.5 Å². The van der Waals surface area contributed by atoms with E-state index in [4.69, 9.17) is 10.2 Å². The molecule has 0 aliphatic heterocycles. The van der Waals surface area contributed by atoms with Crippen LogP contribution in [0.2, 0.25) is 0 Å². The second kappa shape index (κ2) is 5.06. The average Bonchev–Trinajstić information content (AvgIpc) is 2.79. The Bertz CT molecular complexity index is 573. The van der Waals surface area contributed by atoms with Gasteiger partial charge in [-0.2, -0.15) is 0 Å². The molecule has 4 heteroatoms. The van der Waals surface area contributed by atoms with E-state index in [-0.39, 0.29) is 5.91 Å². The molecule has 4 nitrogen and oxygen atoms in total. The fourth-order valence-corrected chi connectivity index (χ4v) is 1.69.